The standard InChI is InChI=1S/C12H23BN/c1-7-12(6)8-9-13-14(10(2)3)11(4)5/h10-12H,7H2,1-6H3. The van der Waals surface area contributed by atoms with Gasteiger partial charge in [0, 0.05) is 5.92 Å². The average Bonchev–Trinajstić information content (AvgIpc) is 2.10. The van der Waals surface area contributed by atoms with E-state index < -0.39 is 0 Å². The van der Waals surface area contributed by atoms with Crippen molar-refractivity contribution in [1.82, 2.24) is 4.81 Å². The summed E-state index contributed by atoms with van der Waals surface area (Å²) in [6.45, 7) is 13.1. The van der Waals surface area contributed by atoms with Gasteiger partial charge in [-0.15, -0.1) is 11.7 Å². The van der Waals surface area contributed by atoms with Crippen LogP contribution in [0.15, 0.2) is 0 Å². The summed E-state index contributed by atoms with van der Waals surface area (Å²) in [5.74, 6) is 6.88. The van der Waals surface area contributed by atoms with Gasteiger partial charge in [-0.1, -0.05) is 41.5 Å². The first-order valence-corrected chi connectivity index (χ1v) is 5.60. The minimum Gasteiger partial charge on any atom is -0.330 e. The van der Waals surface area contributed by atoms with E-state index in [9.17, 15) is 0 Å². The van der Waals surface area contributed by atoms with E-state index in [0.717, 1.165) is 6.42 Å². The Labute approximate surface area is 90.5 Å². The number of hydrogen-bond donors (Lipinski definition) is 0. The third-order valence-corrected chi connectivity index (χ3v) is 2.35. The van der Waals surface area contributed by atoms with Crippen LogP contribution in [-0.4, -0.2) is 24.3 Å². The molecule has 0 saturated carbocycles. The number of nitrogens with zero attached hydrogens (tertiary/aromatic N) is 1. The summed E-state index contributed by atoms with van der Waals surface area (Å²) in [5.41, 5.74) is 0. The molecule has 0 fully saturated rings. The Bertz CT molecular complexity index is 192. The summed E-state index contributed by atoms with van der Waals surface area (Å²) >= 11 is 0. The fourth-order valence-electron chi connectivity index (χ4n) is 1.25. The molecule has 0 aromatic rings. The monoisotopic (exact) mass is 192 g/mol. The van der Waals surface area contributed by atoms with Gasteiger partial charge in [-0.2, -0.15) is 0 Å². The summed E-state index contributed by atoms with van der Waals surface area (Å²) in [6, 6.07) is 1.06. The van der Waals surface area contributed by atoms with Crippen molar-refractivity contribution in [2.45, 2.75) is 60.0 Å². The Morgan fingerprint density at radius 1 is 1.07 bits per heavy atom. The molecule has 14 heavy (non-hydrogen) atoms. The highest BCUT2D eigenvalue weighted by atomic mass is 15.1. The highest BCUT2D eigenvalue weighted by Crippen LogP contribution is 2.02. The van der Waals surface area contributed by atoms with Crippen LogP contribution < -0.4 is 0 Å². The summed E-state index contributed by atoms with van der Waals surface area (Å²) < 4.78 is 0. The minimum atomic E-state index is 0.507. The second-order valence-corrected chi connectivity index (χ2v) is 4.36. The Morgan fingerprint density at radius 2 is 1.57 bits per heavy atom. The van der Waals surface area contributed by atoms with Crippen molar-refractivity contribution in [3.05, 3.63) is 0 Å². The van der Waals surface area contributed by atoms with Gasteiger partial charge in [-0.25, -0.2) is 0 Å². The first-order chi connectivity index (χ1) is 6.49. The van der Waals surface area contributed by atoms with Gasteiger partial charge in [-0.05, 0) is 18.5 Å². The second kappa shape index (κ2) is 6.95. The molecule has 0 bridgehead atoms. The molecule has 0 heterocycles. The molecule has 1 atom stereocenters. The Morgan fingerprint density at radius 3 is 1.93 bits per heavy atom. The van der Waals surface area contributed by atoms with Crippen molar-refractivity contribution < 1.29 is 0 Å². The molecule has 1 unspecified atom stereocenters. The maximum absolute atomic E-state index is 3.23. The summed E-state index contributed by atoms with van der Waals surface area (Å²) in [6.07, 6.45) is 1.13. The zero-order valence-electron chi connectivity index (χ0n) is 10.5. The quantitative estimate of drug-likeness (QED) is 0.489. The topological polar surface area (TPSA) is 3.24 Å². The molecule has 0 aromatic heterocycles. The lowest BCUT2D eigenvalue weighted by Gasteiger charge is -2.27. The van der Waals surface area contributed by atoms with E-state index in [0.29, 0.717) is 18.0 Å². The molecule has 1 nitrogen and oxygen atoms in total. The zero-order chi connectivity index (χ0) is 11.1. The van der Waals surface area contributed by atoms with Crippen molar-refractivity contribution in [3.8, 4) is 11.7 Å². The normalized spacial score (nSPS) is 12.9. The molecule has 0 saturated heterocycles. The third kappa shape index (κ3) is 5.34. The van der Waals surface area contributed by atoms with E-state index in [-0.39, 0.29) is 0 Å². The molecule has 0 aliphatic carbocycles. The van der Waals surface area contributed by atoms with E-state index in [2.05, 4.69) is 58.1 Å². The van der Waals surface area contributed by atoms with Crippen LogP contribution in [0.4, 0.5) is 0 Å². The van der Waals surface area contributed by atoms with Crippen molar-refractivity contribution in [2.24, 2.45) is 5.92 Å². The number of hydrogen-bond acceptors (Lipinski definition) is 1. The SMILES string of the molecule is CCC(C)C#C[B]N(C(C)C)C(C)C. The number of rotatable bonds is 4. The molecule has 0 N–H and O–H groups in total. The van der Waals surface area contributed by atoms with Crippen LogP contribution >= 0.6 is 0 Å². The van der Waals surface area contributed by atoms with Gasteiger partial charge >= 0.3 is 7.41 Å². The Hall–Kier alpha value is -0.415. The highest BCUT2D eigenvalue weighted by Gasteiger charge is 2.12. The molecule has 0 spiro atoms. The van der Waals surface area contributed by atoms with Gasteiger partial charge in [0.25, 0.3) is 0 Å². The largest absolute Gasteiger partial charge is 0.330 e. The van der Waals surface area contributed by atoms with E-state index in [1.165, 1.54) is 0 Å². The Kier molecular flexibility index (Phi) is 6.75. The fourth-order valence-corrected chi connectivity index (χ4v) is 1.25. The van der Waals surface area contributed by atoms with Crippen molar-refractivity contribution in [1.29, 1.82) is 0 Å². The third-order valence-electron chi connectivity index (χ3n) is 2.35. The Balaban J connectivity index is 4.10. The van der Waals surface area contributed by atoms with Gasteiger partial charge in [0.05, 0.1) is 0 Å². The molecule has 0 amide bonds. The van der Waals surface area contributed by atoms with Crippen LogP contribution in [0.3, 0.4) is 0 Å². The predicted octanol–water partition coefficient (Wildman–Crippen LogP) is 2.73. The first-order valence-electron chi connectivity index (χ1n) is 5.60. The van der Waals surface area contributed by atoms with Gasteiger partial charge < -0.3 is 4.81 Å². The molecular formula is C12H23BN. The van der Waals surface area contributed by atoms with Gasteiger partial charge in [-0.3, -0.25) is 0 Å². The smallest absolute Gasteiger partial charge is 0.312 e. The van der Waals surface area contributed by atoms with Gasteiger partial charge in [0.1, 0.15) is 0 Å². The summed E-state index contributed by atoms with van der Waals surface area (Å²) in [4.78, 5) is 2.29. The fraction of sp³-hybridized carbons (Fsp3) is 0.833. The molecule has 2 heteroatoms. The minimum absolute atomic E-state index is 0.507. The lowest BCUT2D eigenvalue weighted by molar-refractivity contribution is 0.315. The van der Waals surface area contributed by atoms with Crippen LogP contribution in [0, 0.1) is 17.7 Å². The van der Waals surface area contributed by atoms with Crippen LogP contribution in [0.1, 0.15) is 48.0 Å². The molecule has 0 aliphatic rings. The van der Waals surface area contributed by atoms with E-state index >= 15 is 0 Å². The molecule has 1 radical (unpaired) electrons. The molecule has 79 valence electrons. The zero-order valence-corrected chi connectivity index (χ0v) is 10.5. The van der Waals surface area contributed by atoms with Crippen LogP contribution in [-0.2, 0) is 0 Å². The molecule has 0 aliphatic heterocycles. The summed E-state index contributed by atoms with van der Waals surface area (Å²) in [5, 5.41) is 0. The van der Waals surface area contributed by atoms with Crippen LogP contribution in [0.5, 0.6) is 0 Å². The predicted molar refractivity (Wildman–Crippen MR) is 65.1 cm³/mol. The molecule has 0 aromatic carbocycles. The van der Waals surface area contributed by atoms with Crippen molar-refractivity contribution in [2.75, 3.05) is 0 Å². The van der Waals surface area contributed by atoms with E-state index in [1.807, 2.05) is 7.41 Å². The van der Waals surface area contributed by atoms with Gasteiger partial charge in [0.2, 0.25) is 0 Å². The lowest BCUT2D eigenvalue weighted by atomic mass is 9.87. The van der Waals surface area contributed by atoms with Crippen molar-refractivity contribution in [3.63, 3.8) is 0 Å². The molecular weight excluding hydrogens is 169 g/mol. The lowest BCUT2D eigenvalue weighted by Crippen LogP contribution is -2.39. The van der Waals surface area contributed by atoms with Crippen LogP contribution in [0.2, 0.25) is 0 Å². The van der Waals surface area contributed by atoms with Crippen molar-refractivity contribution >= 4 is 7.41 Å². The maximum Gasteiger partial charge on any atom is 0.312 e. The maximum atomic E-state index is 3.23. The summed E-state index contributed by atoms with van der Waals surface area (Å²) in [7, 11) is 2.03. The second-order valence-electron chi connectivity index (χ2n) is 4.36. The van der Waals surface area contributed by atoms with E-state index in [4.69, 9.17) is 0 Å². The van der Waals surface area contributed by atoms with Gasteiger partial charge in [0.15, 0.2) is 0 Å². The van der Waals surface area contributed by atoms with Crippen LogP contribution in [0.25, 0.3) is 0 Å². The average molecular weight is 192 g/mol. The van der Waals surface area contributed by atoms with E-state index in [1.54, 1.807) is 0 Å². The first kappa shape index (κ1) is 13.6. The molecule has 0 rings (SSSR count). The highest BCUT2D eigenvalue weighted by molar-refractivity contribution is 6.43.